The minimum absolute atomic E-state index is 0.260. The van der Waals surface area contributed by atoms with Gasteiger partial charge in [0.15, 0.2) is 0 Å². The molecule has 0 heterocycles. The van der Waals surface area contributed by atoms with E-state index in [9.17, 15) is 10.2 Å². The van der Waals surface area contributed by atoms with Gasteiger partial charge in [0.2, 0.25) is 0 Å². The maximum atomic E-state index is 9.87. The van der Waals surface area contributed by atoms with Crippen LogP contribution in [-0.4, -0.2) is 28.5 Å². The van der Waals surface area contributed by atoms with Crippen molar-refractivity contribution >= 4 is 0 Å². The first kappa shape index (κ1) is 13.9. The summed E-state index contributed by atoms with van der Waals surface area (Å²) >= 11 is 0. The van der Waals surface area contributed by atoms with E-state index in [0.29, 0.717) is 12.3 Å². The molecule has 0 bridgehead atoms. The molecule has 3 nitrogen and oxygen atoms in total. The second-order valence-electron chi connectivity index (χ2n) is 5.25. The average Bonchev–Trinajstić information content (AvgIpc) is 2.29. The van der Waals surface area contributed by atoms with E-state index in [2.05, 4.69) is 0 Å². The van der Waals surface area contributed by atoms with Crippen molar-refractivity contribution in [3.05, 3.63) is 0 Å². The lowest BCUT2D eigenvalue weighted by Gasteiger charge is -2.29. The lowest BCUT2D eigenvalue weighted by atomic mass is 9.83. The van der Waals surface area contributed by atoms with Gasteiger partial charge in [0.25, 0.3) is 0 Å². The molecule has 1 saturated carbocycles. The van der Waals surface area contributed by atoms with Crippen LogP contribution in [0.25, 0.3) is 0 Å². The second-order valence-corrected chi connectivity index (χ2v) is 5.25. The zero-order valence-electron chi connectivity index (χ0n) is 10.4. The molecule has 3 atom stereocenters. The molecule has 0 unspecified atom stereocenters. The van der Waals surface area contributed by atoms with Gasteiger partial charge in [-0.3, -0.25) is 0 Å². The molecule has 16 heavy (non-hydrogen) atoms. The zero-order valence-corrected chi connectivity index (χ0v) is 10.4. The Hall–Kier alpha value is -0.120. The van der Waals surface area contributed by atoms with Crippen molar-refractivity contribution < 1.29 is 10.2 Å². The molecule has 4 N–H and O–H groups in total. The van der Waals surface area contributed by atoms with E-state index >= 15 is 0 Å². The van der Waals surface area contributed by atoms with Crippen LogP contribution in [0.3, 0.4) is 0 Å². The normalized spacial score (nSPS) is 24.0. The van der Waals surface area contributed by atoms with Crippen molar-refractivity contribution in [2.24, 2.45) is 11.7 Å². The highest BCUT2D eigenvalue weighted by Crippen LogP contribution is 2.27. The Morgan fingerprint density at radius 3 is 2.38 bits per heavy atom. The van der Waals surface area contributed by atoms with E-state index in [0.717, 1.165) is 12.8 Å². The Kier molecular flexibility index (Phi) is 6.32. The lowest BCUT2D eigenvalue weighted by Crippen LogP contribution is -2.44. The predicted molar refractivity (Wildman–Crippen MR) is 66.1 cm³/mol. The van der Waals surface area contributed by atoms with Crippen molar-refractivity contribution in [1.82, 2.24) is 0 Å². The molecule has 1 rings (SSSR count). The van der Waals surface area contributed by atoms with Crippen molar-refractivity contribution in [1.29, 1.82) is 0 Å². The fourth-order valence-corrected chi connectivity index (χ4v) is 2.70. The molecule has 3 heteroatoms. The summed E-state index contributed by atoms with van der Waals surface area (Å²) in [6.07, 6.45) is 7.40. The maximum absolute atomic E-state index is 9.87. The highest BCUT2D eigenvalue weighted by atomic mass is 16.3. The number of hydrogen-bond acceptors (Lipinski definition) is 3. The molecule has 0 aromatic heterocycles. The van der Waals surface area contributed by atoms with Crippen molar-refractivity contribution in [2.45, 2.75) is 76.5 Å². The van der Waals surface area contributed by atoms with Gasteiger partial charge in [-0.15, -0.1) is 0 Å². The summed E-state index contributed by atoms with van der Waals surface area (Å²) in [6.45, 7) is 2.00. The van der Waals surface area contributed by atoms with Crippen LogP contribution in [0.15, 0.2) is 0 Å². The molecule has 0 radical (unpaired) electrons. The first-order chi connectivity index (χ1) is 7.65. The predicted octanol–water partition coefficient (Wildman–Crippen LogP) is 1.81. The van der Waals surface area contributed by atoms with Crippen LogP contribution in [0.1, 0.15) is 58.3 Å². The van der Waals surface area contributed by atoms with Gasteiger partial charge in [-0.2, -0.15) is 0 Å². The third kappa shape index (κ3) is 4.40. The van der Waals surface area contributed by atoms with Crippen LogP contribution >= 0.6 is 0 Å². The molecular formula is C13H27NO2. The summed E-state index contributed by atoms with van der Waals surface area (Å²) in [7, 11) is 0. The molecular weight excluding hydrogens is 202 g/mol. The van der Waals surface area contributed by atoms with Crippen LogP contribution in [-0.2, 0) is 0 Å². The Bertz CT molecular complexity index is 181. The SMILES string of the molecule is CCC[C@H](O)[C@H](O)[C@@H](N)CC1CCCCC1. The molecule has 0 spiro atoms. The van der Waals surface area contributed by atoms with Gasteiger partial charge in [0.1, 0.15) is 0 Å². The van der Waals surface area contributed by atoms with Crippen LogP contribution in [0.5, 0.6) is 0 Å². The third-order valence-corrected chi connectivity index (χ3v) is 3.75. The van der Waals surface area contributed by atoms with Gasteiger partial charge >= 0.3 is 0 Å². The Balaban J connectivity index is 2.29. The fourth-order valence-electron chi connectivity index (χ4n) is 2.70. The summed E-state index contributed by atoms with van der Waals surface area (Å²) in [5.74, 6) is 0.659. The van der Waals surface area contributed by atoms with E-state index in [1.54, 1.807) is 0 Å². The van der Waals surface area contributed by atoms with Gasteiger partial charge in [0.05, 0.1) is 12.2 Å². The van der Waals surface area contributed by atoms with Gasteiger partial charge in [-0.1, -0.05) is 45.4 Å². The first-order valence-electron chi connectivity index (χ1n) is 6.76. The number of aliphatic hydroxyl groups is 2. The number of hydrogen-bond donors (Lipinski definition) is 3. The smallest absolute Gasteiger partial charge is 0.0949 e. The van der Waals surface area contributed by atoms with E-state index in [1.807, 2.05) is 6.92 Å². The number of aliphatic hydroxyl groups excluding tert-OH is 2. The van der Waals surface area contributed by atoms with Crippen molar-refractivity contribution in [3.8, 4) is 0 Å². The maximum Gasteiger partial charge on any atom is 0.0949 e. The molecule has 1 aliphatic rings. The molecule has 0 aromatic rings. The van der Waals surface area contributed by atoms with Gasteiger partial charge in [-0.25, -0.2) is 0 Å². The van der Waals surface area contributed by atoms with Crippen molar-refractivity contribution in [3.63, 3.8) is 0 Å². The van der Waals surface area contributed by atoms with Gasteiger partial charge < -0.3 is 15.9 Å². The number of rotatable bonds is 6. The molecule has 96 valence electrons. The minimum atomic E-state index is -0.748. The first-order valence-corrected chi connectivity index (χ1v) is 6.76. The third-order valence-electron chi connectivity index (χ3n) is 3.75. The number of nitrogens with two attached hydrogens (primary N) is 1. The fraction of sp³-hybridized carbons (Fsp3) is 1.00. The van der Waals surface area contributed by atoms with E-state index in [-0.39, 0.29) is 6.04 Å². The highest BCUT2D eigenvalue weighted by molar-refractivity contribution is 4.81. The van der Waals surface area contributed by atoms with Crippen LogP contribution in [0, 0.1) is 5.92 Å². The van der Waals surface area contributed by atoms with Crippen LogP contribution < -0.4 is 5.73 Å². The Labute approximate surface area is 99.0 Å². The molecule has 0 aromatic carbocycles. The average molecular weight is 229 g/mol. The lowest BCUT2D eigenvalue weighted by molar-refractivity contribution is -0.00599. The highest BCUT2D eigenvalue weighted by Gasteiger charge is 2.25. The minimum Gasteiger partial charge on any atom is -0.390 e. The van der Waals surface area contributed by atoms with E-state index in [1.165, 1.54) is 32.1 Å². The Morgan fingerprint density at radius 1 is 1.19 bits per heavy atom. The topological polar surface area (TPSA) is 66.5 Å². The standard InChI is InChI=1S/C13H27NO2/c1-2-6-12(15)13(16)11(14)9-10-7-4-3-5-8-10/h10-13,15-16H,2-9,14H2,1H3/t11-,12-,13+/m0/s1. The molecule has 0 aliphatic heterocycles. The quantitative estimate of drug-likeness (QED) is 0.650. The van der Waals surface area contributed by atoms with E-state index in [4.69, 9.17) is 5.73 Å². The summed E-state index contributed by atoms with van der Waals surface area (Å²) in [5, 5.41) is 19.6. The van der Waals surface area contributed by atoms with Gasteiger partial charge in [-0.05, 0) is 18.8 Å². The van der Waals surface area contributed by atoms with Crippen LogP contribution in [0.4, 0.5) is 0 Å². The summed E-state index contributed by atoms with van der Waals surface area (Å²) in [5.41, 5.74) is 5.97. The molecule has 1 aliphatic carbocycles. The summed E-state index contributed by atoms with van der Waals surface area (Å²) in [4.78, 5) is 0. The second kappa shape index (κ2) is 7.25. The summed E-state index contributed by atoms with van der Waals surface area (Å²) in [6, 6.07) is -0.260. The van der Waals surface area contributed by atoms with Crippen LogP contribution in [0.2, 0.25) is 0 Å². The molecule has 0 saturated heterocycles. The molecule has 1 fully saturated rings. The monoisotopic (exact) mass is 229 g/mol. The Morgan fingerprint density at radius 2 is 1.81 bits per heavy atom. The van der Waals surface area contributed by atoms with Gasteiger partial charge in [0, 0.05) is 6.04 Å². The zero-order chi connectivity index (χ0) is 12.0. The largest absolute Gasteiger partial charge is 0.390 e. The summed E-state index contributed by atoms with van der Waals surface area (Å²) < 4.78 is 0. The van der Waals surface area contributed by atoms with E-state index < -0.39 is 12.2 Å². The molecule has 0 amide bonds. The van der Waals surface area contributed by atoms with Crippen molar-refractivity contribution in [2.75, 3.05) is 0 Å².